The molecule has 0 amide bonds. The largest absolute Gasteiger partial charge is 0.378 e. The minimum Gasteiger partial charge on any atom is -0.378 e. The lowest BCUT2D eigenvalue weighted by atomic mass is 9.71. The standard InChI is InChI=1S/C16H22BrF2N/c1-16(2,3)10-4-6-12(7-5-10)20-15-13(18)8-11(17)9-14(15)19/h8-10,12,20H,4-7H2,1-3H3. The zero-order valence-corrected chi connectivity index (χ0v) is 13.9. The van der Waals surface area contributed by atoms with Crippen LogP contribution in [-0.4, -0.2) is 6.04 Å². The third kappa shape index (κ3) is 3.72. The summed E-state index contributed by atoms with van der Waals surface area (Å²) in [4.78, 5) is 0. The monoisotopic (exact) mass is 345 g/mol. The van der Waals surface area contributed by atoms with Crippen LogP contribution in [0.3, 0.4) is 0 Å². The average Bonchev–Trinajstić information content (AvgIpc) is 2.33. The molecule has 1 nitrogen and oxygen atoms in total. The second kappa shape index (κ2) is 6.00. The molecule has 1 N–H and O–H groups in total. The van der Waals surface area contributed by atoms with Crippen molar-refractivity contribution in [2.24, 2.45) is 11.3 Å². The van der Waals surface area contributed by atoms with E-state index < -0.39 is 11.6 Å². The lowest BCUT2D eigenvalue weighted by molar-refractivity contribution is 0.173. The van der Waals surface area contributed by atoms with E-state index in [2.05, 4.69) is 42.0 Å². The van der Waals surface area contributed by atoms with Crippen molar-refractivity contribution in [1.82, 2.24) is 0 Å². The van der Waals surface area contributed by atoms with Crippen LogP contribution in [0.2, 0.25) is 0 Å². The fourth-order valence-corrected chi connectivity index (χ4v) is 3.39. The molecule has 0 unspecified atom stereocenters. The number of hydrogen-bond donors (Lipinski definition) is 1. The molecule has 1 aliphatic rings. The van der Waals surface area contributed by atoms with E-state index in [1.54, 1.807) is 0 Å². The maximum atomic E-state index is 13.8. The van der Waals surface area contributed by atoms with E-state index in [0.29, 0.717) is 15.8 Å². The van der Waals surface area contributed by atoms with Crippen molar-refractivity contribution in [3.05, 3.63) is 28.2 Å². The van der Waals surface area contributed by atoms with Crippen molar-refractivity contribution < 1.29 is 8.78 Å². The van der Waals surface area contributed by atoms with Crippen LogP contribution in [0.5, 0.6) is 0 Å². The molecule has 0 spiro atoms. The molecule has 0 saturated heterocycles. The van der Waals surface area contributed by atoms with Crippen molar-refractivity contribution >= 4 is 21.6 Å². The van der Waals surface area contributed by atoms with Crippen LogP contribution in [0.1, 0.15) is 46.5 Å². The molecule has 112 valence electrons. The van der Waals surface area contributed by atoms with E-state index in [-0.39, 0.29) is 11.7 Å². The highest BCUT2D eigenvalue weighted by molar-refractivity contribution is 9.10. The molecule has 0 atom stereocenters. The van der Waals surface area contributed by atoms with Gasteiger partial charge < -0.3 is 5.32 Å². The Kier molecular flexibility index (Phi) is 4.73. The van der Waals surface area contributed by atoms with Crippen molar-refractivity contribution in [3.63, 3.8) is 0 Å². The van der Waals surface area contributed by atoms with Crippen LogP contribution >= 0.6 is 15.9 Å². The van der Waals surface area contributed by atoms with Gasteiger partial charge >= 0.3 is 0 Å². The van der Waals surface area contributed by atoms with Gasteiger partial charge in [-0.1, -0.05) is 36.7 Å². The molecule has 1 saturated carbocycles. The Morgan fingerprint density at radius 2 is 1.55 bits per heavy atom. The van der Waals surface area contributed by atoms with Crippen molar-refractivity contribution in [3.8, 4) is 0 Å². The summed E-state index contributed by atoms with van der Waals surface area (Å²) in [6.45, 7) is 6.79. The normalized spacial score (nSPS) is 23.7. The summed E-state index contributed by atoms with van der Waals surface area (Å²) in [6.07, 6.45) is 4.16. The van der Waals surface area contributed by atoms with Crippen LogP contribution in [-0.2, 0) is 0 Å². The summed E-state index contributed by atoms with van der Waals surface area (Å²) in [5, 5.41) is 3.05. The molecule has 20 heavy (non-hydrogen) atoms. The Labute approximate surface area is 128 Å². The number of benzene rings is 1. The maximum absolute atomic E-state index is 13.8. The van der Waals surface area contributed by atoms with Crippen LogP contribution in [0, 0.1) is 23.0 Å². The molecule has 1 aromatic carbocycles. The van der Waals surface area contributed by atoms with Gasteiger partial charge in [-0.15, -0.1) is 0 Å². The third-order valence-electron chi connectivity index (χ3n) is 4.31. The van der Waals surface area contributed by atoms with Gasteiger partial charge in [-0.2, -0.15) is 0 Å². The summed E-state index contributed by atoms with van der Waals surface area (Å²) in [5.74, 6) is -0.371. The quantitative estimate of drug-likeness (QED) is 0.720. The fraction of sp³-hybridized carbons (Fsp3) is 0.625. The lowest BCUT2D eigenvalue weighted by Gasteiger charge is -2.37. The molecule has 0 aromatic heterocycles. The van der Waals surface area contributed by atoms with Crippen molar-refractivity contribution in [2.45, 2.75) is 52.5 Å². The van der Waals surface area contributed by atoms with Gasteiger partial charge in [0.05, 0.1) is 0 Å². The number of hydrogen-bond acceptors (Lipinski definition) is 1. The minimum atomic E-state index is -0.533. The molecule has 4 heteroatoms. The molecule has 0 aliphatic heterocycles. The molecule has 0 heterocycles. The Balaban J connectivity index is 2.00. The van der Waals surface area contributed by atoms with Crippen molar-refractivity contribution in [2.75, 3.05) is 5.32 Å². The van der Waals surface area contributed by atoms with Crippen LogP contribution in [0.4, 0.5) is 14.5 Å². The van der Waals surface area contributed by atoms with Gasteiger partial charge in [0.15, 0.2) is 0 Å². The highest BCUT2D eigenvalue weighted by Crippen LogP contribution is 2.38. The summed E-state index contributed by atoms with van der Waals surface area (Å²) < 4.78 is 28.0. The smallest absolute Gasteiger partial charge is 0.150 e. The summed E-state index contributed by atoms with van der Waals surface area (Å²) in [5.41, 5.74) is 0.325. The SMILES string of the molecule is CC(C)(C)C1CCC(Nc2c(F)cc(Br)cc2F)CC1. The van der Waals surface area contributed by atoms with E-state index in [0.717, 1.165) is 25.7 Å². The topological polar surface area (TPSA) is 12.0 Å². The molecule has 0 radical (unpaired) electrons. The Bertz CT molecular complexity index is 451. The summed E-state index contributed by atoms with van der Waals surface area (Å²) >= 11 is 3.09. The molecule has 1 aromatic rings. The Morgan fingerprint density at radius 1 is 1.05 bits per heavy atom. The second-order valence-electron chi connectivity index (χ2n) is 6.80. The third-order valence-corrected chi connectivity index (χ3v) is 4.77. The first kappa shape index (κ1) is 15.7. The molecular weight excluding hydrogens is 324 g/mol. The van der Waals surface area contributed by atoms with Gasteiger partial charge in [-0.3, -0.25) is 0 Å². The first-order chi connectivity index (χ1) is 9.27. The maximum Gasteiger partial charge on any atom is 0.150 e. The van der Waals surface area contributed by atoms with E-state index in [9.17, 15) is 8.78 Å². The van der Waals surface area contributed by atoms with Gasteiger partial charge in [0.1, 0.15) is 17.3 Å². The van der Waals surface area contributed by atoms with Crippen LogP contribution in [0.15, 0.2) is 16.6 Å². The minimum absolute atomic E-state index is 0.00686. The van der Waals surface area contributed by atoms with Gasteiger partial charge in [0.25, 0.3) is 0 Å². The zero-order chi connectivity index (χ0) is 14.9. The number of nitrogens with one attached hydrogen (secondary N) is 1. The van der Waals surface area contributed by atoms with Gasteiger partial charge in [0, 0.05) is 10.5 Å². The molecule has 2 rings (SSSR count). The zero-order valence-electron chi connectivity index (χ0n) is 12.3. The first-order valence-electron chi connectivity index (χ1n) is 7.18. The van der Waals surface area contributed by atoms with E-state index in [1.807, 2.05) is 0 Å². The van der Waals surface area contributed by atoms with E-state index >= 15 is 0 Å². The number of anilines is 1. The summed E-state index contributed by atoms with van der Waals surface area (Å²) in [6, 6.07) is 2.76. The average molecular weight is 346 g/mol. The Hall–Kier alpha value is -0.640. The predicted molar refractivity (Wildman–Crippen MR) is 82.9 cm³/mol. The molecule has 0 bridgehead atoms. The van der Waals surface area contributed by atoms with Gasteiger partial charge in [-0.05, 0) is 49.1 Å². The van der Waals surface area contributed by atoms with Gasteiger partial charge in [0.2, 0.25) is 0 Å². The van der Waals surface area contributed by atoms with E-state index in [1.165, 1.54) is 12.1 Å². The van der Waals surface area contributed by atoms with Crippen LogP contribution < -0.4 is 5.32 Å². The number of rotatable bonds is 2. The van der Waals surface area contributed by atoms with E-state index in [4.69, 9.17) is 0 Å². The number of halogens is 3. The summed E-state index contributed by atoms with van der Waals surface area (Å²) in [7, 11) is 0. The molecular formula is C16H22BrF2N. The van der Waals surface area contributed by atoms with Crippen molar-refractivity contribution in [1.29, 1.82) is 0 Å². The predicted octanol–water partition coefficient (Wildman–Crippen LogP) is 5.74. The Morgan fingerprint density at radius 3 is 2.00 bits per heavy atom. The second-order valence-corrected chi connectivity index (χ2v) is 7.72. The molecule has 1 fully saturated rings. The fourth-order valence-electron chi connectivity index (χ4n) is 2.99. The highest BCUT2D eigenvalue weighted by Gasteiger charge is 2.30. The molecule has 1 aliphatic carbocycles. The first-order valence-corrected chi connectivity index (χ1v) is 7.97. The van der Waals surface area contributed by atoms with Crippen LogP contribution in [0.25, 0.3) is 0 Å². The van der Waals surface area contributed by atoms with Gasteiger partial charge in [-0.25, -0.2) is 8.78 Å². The highest BCUT2D eigenvalue weighted by atomic mass is 79.9. The lowest BCUT2D eigenvalue weighted by Crippen LogP contribution is -2.32.